The smallest absolute Gasteiger partial charge is 0.416 e. The summed E-state index contributed by atoms with van der Waals surface area (Å²) in [6.07, 6.45) is -1.52. The molecule has 1 fully saturated rings. The highest BCUT2D eigenvalue weighted by Gasteiger charge is 2.49. The first-order chi connectivity index (χ1) is 15.8. The number of halogens is 2. The second-order valence-electron chi connectivity index (χ2n) is 10.0. The van der Waals surface area contributed by atoms with E-state index in [-0.39, 0.29) is 37.2 Å². The number of nitrogens with zero attached hydrogens (tertiary/aromatic N) is 3. The van der Waals surface area contributed by atoms with E-state index in [1.165, 1.54) is 4.90 Å². The second-order valence-corrected chi connectivity index (χ2v) is 10.0. The highest BCUT2D eigenvalue weighted by atomic mass is 19.1. The summed E-state index contributed by atoms with van der Waals surface area (Å²) in [5, 5.41) is 8.61. The van der Waals surface area contributed by atoms with Crippen LogP contribution < -0.4 is 10.6 Å². The van der Waals surface area contributed by atoms with Crippen molar-refractivity contribution < 1.29 is 18.3 Å². The number of amides is 1. The predicted octanol–water partition coefficient (Wildman–Crippen LogP) is 6.11. The third kappa shape index (κ3) is 5.43. The van der Waals surface area contributed by atoms with Crippen LogP contribution in [0, 0.1) is 12.3 Å². The average Bonchev–Trinajstić information content (AvgIpc) is 2.74. The Balaban J connectivity index is 1.98. The summed E-state index contributed by atoms with van der Waals surface area (Å²) in [5.41, 5.74) is 8.42. The van der Waals surface area contributed by atoms with Crippen molar-refractivity contribution in [2.45, 2.75) is 59.2 Å². The number of carbonyl (C=O) groups excluding carboxylic acids is 1. The quantitative estimate of drug-likeness (QED) is 0.550. The zero-order valence-corrected chi connectivity index (χ0v) is 20.4. The topological polar surface area (TPSA) is 81.3 Å². The molecule has 0 saturated heterocycles. The molecule has 1 aliphatic carbocycles. The minimum atomic E-state index is -1.11. The molecule has 6 nitrogen and oxygen atoms in total. The highest BCUT2D eigenvalue weighted by molar-refractivity contribution is 5.87. The van der Waals surface area contributed by atoms with Gasteiger partial charge in [0.15, 0.2) is 5.82 Å². The molecule has 0 spiro atoms. The number of allylic oxidation sites excluding steroid dienone is 1. The number of hydrogen-bond acceptors (Lipinski definition) is 5. The summed E-state index contributed by atoms with van der Waals surface area (Å²) >= 11 is 0. The first-order valence-corrected chi connectivity index (χ1v) is 11.2. The summed E-state index contributed by atoms with van der Waals surface area (Å²) in [4.78, 5) is 14.3. The van der Waals surface area contributed by atoms with Gasteiger partial charge in [0.05, 0.1) is 5.69 Å². The van der Waals surface area contributed by atoms with Gasteiger partial charge in [0, 0.05) is 23.2 Å². The minimum Gasteiger partial charge on any atom is -0.443 e. The Bertz CT molecular complexity index is 1100. The van der Waals surface area contributed by atoms with Gasteiger partial charge in [0.2, 0.25) is 0 Å². The van der Waals surface area contributed by atoms with Crippen molar-refractivity contribution in [3.63, 3.8) is 0 Å². The number of rotatable bonds is 6. The van der Waals surface area contributed by atoms with Crippen LogP contribution in [-0.2, 0) is 4.74 Å². The van der Waals surface area contributed by atoms with E-state index < -0.39 is 23.3 Å². The molecule has 1 aromatic heterocycles. The fourth-order valence-corrected chi connectivity index (χ4v) is 4.00. The molecule has 0 bridgehead atoms. The molecule has 2 aromatic rings. The molecule has 2 N–H and O–H groups in total. The van der Waals surface area contributed by atoms with Crippen molar-refractivity contribution >= 4 is 17.5 Å². The monoisotopic (exact) mass is 470 g/mol. The van der Waals surface area contributed by atoms with E-state index in [1.54, 1.807) is 32.9 Å². The van der Waals surface area contributed by atoms with E-state index in [2.05, 4.69) is 16.8 Å². The third-order valence-electron chi connectivity index (χ3n) is 5.96. The maximum Gasteiger partial charge on any atom is 0.416 e. The SMILES string of the molecule is C=C(C)c1ccc(C)c(-c2ccc(N(CC3(/C(N)=C\F)CC(F)C3)C(=O)OC(C)(C)C)nn2)c1. The second kappa shape index (κ2) is 9.52. The number of aryl methyl sites for hydroxylation is 1. The lowest BCUT2D eigenvalue weighted by Gasteiger charge is -2.46. The number of hydrogen-bond donors (Lipinski definition) is 1. The van der Waals surface area contributed by atoms with Crippen LogP contribution in [0.1, 0.15) is 51.7 Å². The maximum atomic E-state index is 13.8. The van der Waals surface area contributed by atoms with Gasteiger partial charge in [-0.1, -0.05) is 24.3 Å². The van der Waals surface area contributed by atoms with Crippen LogP contribution in [-0.4, -0.2) is 34.6 Å². The lowest BCUT2D eigenvalue weighted by Crippen LogP contribution is -2.53. The summed E-state index contributed by atoms with van der Waals surface area (Å²) in [6.45, 7) is 13.0. The molecule has 0 unspecified atom stereocenters. The Labute approximate surface area is 199 Å². The molecule has 0 atom stereocenters. The molecule has 1 aromatic carbocycles. The van der Waals surface area contributed by atoms with Gasteiger partial charge in [0.25, 0.3) is 0 Å². The molecule has 0 aliphatic heterocycles. The van der Waals surface area contributed by atoms with Gasteiger partial charge in [-0.25, -0.2) is 13.6 Å². The number of anilines is 1. The van der Waals surface area contributed by atoms with Gasteiger partial charge in [0.1, 0.15) is 18.1 Å². The molecular weight excluding hydrogens is 438 g/mol. The van der Waals surface area contributed by atoms with Crippen molar-refractivity contribution in [2.24, 2.45) is 11.1 Å². The largest absolute Gasteiger partial charge is 0.443 e. The molecular formula is C26H32F2N4O2. The molecule has 3 rings (SSSR count). The third-order valence-corrected chi connectivity index (χ3v) is 5.96. The number of carbonyl (C=O) groups is 1. The Hall–Kier alpha value is -3.29. The number of nitrogens with two attached hydrogens (primary N) is 1. The lowest BCUT2D eigenvalue weighted by atomic mass is 9.65. The Morgan fingerprint density at radius 1 is 1.29 bits per heavy atom. The normalized spacial score (nSPS) is 20.4. The summed E-state index contributed by atoms with van der Waals surface area (Å²) < 4.78 is 32.7. The minimum absolute atomic E-state index is 0.0109. The van der Waals surface area contributed by atoms with Crippen LogP contribution in [0.3, 0.4) is 0 Å². The molecule has 182 valence electrons. The van der Waals surface area contributed by atoms with Crippen molar-refractivity contribution in [1.29, 1.82) is 0 Å². The van der Waals surface area contributed by atoms with Crippen LogP contribution in [0.4, 0.5) is 19.4 Å². The summed E-state index contributed by atoms with van der Waals surface area (Å²) in [5.74, 6) is 0.208. The van der Waals surface area contributed by atoms with Gasteiger partial charge in [-0.2, -0.15) is 0 Å². The van der Waals surface area contributed by atoms with E-state index >= 15 is 0 Å². The summed E-state index contributed by atoms with van der Waals surface area (Å²) in [6, 6.07) is 9.37. The molecule has 8 heteroatoms. The van der Waals surface area contributed by atoms with Crippen LogP contribution in [0.2, 0.25) is 0 Å². The van der Waals surface area contributed by atoms with Crippen molar-refractivity contribution in [1.82, 2.24) is 10.2 Å². The van der Waals surface area contributed by atoms with Crippen LogP contribution in [0.15, 0.2) is 48.9 Å². The van der Waals surface area contributed by atoms with Crippen molar-refractivity contribution in [2.75, 3.05) is 11.4 Å². The van der Waals surface area contributed by atoms with Crippen LogP contribution in [0.25, 0.3) is 16.8 Å². The Morgan fingerprint density at radius 3 is 2.47 bits per heavy atom. The van der Waals surface area contributed by atoms with Crippen molar-refractivity contribution in [3.8, 4) is 11.3 Å². The zero-order chi connectivity index (χ0) is 25.3. The summed E-state index contributed by atoms with van der Waals surface area (Å²) in [7, 11) is 0. The molecule has 1 amide bonds. The Kier molecular flexibility index (Phi) is 7.10. The maximum absolute atomic E-state index is 13.8. The zero-order valence-electron chi connectivity index (χ0n) is 20.4. The molecule has 1 aliphatic rings. The van der Waals surface area contributed by atoms with Gasteiger partial charge in [-0.05, 0) is 76.8 Å². The van der Waals surface area contributed by atoms with E-state index in [4.69, 9.17) is 10.5 Å². The highest BCUT2D eigenvalue weighted by Crippen LogP contribution is 2.48. The van der Waals surface area contributed by atoms with Crippen molar-refractivity contribution in [3.05, 3.63) is 60.1 Å². The predicted molar refractivity (Wildman–Crippen MR) is 130 cm³/mol. The van der Waals surface area contributed by atoms with E-state index in [9.17, 15) is 13.6 Å². The lowest BCUT2D eigenvalue weighted by molar-refractivity contribution is 0.0416. The van der Waals surface area contributed by atoms with Gasteiger partial charge < -0.3 is 10.5 Å². The average molecular weight is 471 g/mol. The molecule has 1 saturated carbocycles. The fraction of sp³-hybridized carbons (Fsp3) is 0.423. The Morgan fingerprint density at radius 2 is 1.97 bits per heavy atom. The van der Waals surface area contributed by atoms with Crippen LogP contribution >= 0.6 is 0 Å². The first kappa shape index (κ1) is 25.3. The number of aromatic nitrogens is 2. The van der Waals surface area contributed by atoms with Crippen LogP contribution in [0.5, 0.6) is 0 Å². The van der Waals surface area contributed by atoms with Gasteiger partial charge in [-0.15, -0.1) is 10.2 Å². The number of benzene rings is 1. The van der Waals surface area contributed by atoms with Gasteiger partial charge >= 0.3 is 6.09 Å². The first-order valence-electron chi connectivity index (χ1n) is 11.2. The number of alkyl halides is 1. The van der Waals surface area contributed by atoms with E-state index in [0.29, 0.717) is 5.69 Å². The number of ether oxygens (including phenoxy) is 1. The van der Waals surface area contributed by atoms with E-state index in [1.807, 2.05) is 32.0 Å². The standard InChI is InChI=1S/C26H32F2N4O2/c1-16(2)18-8-7-17(3)20(11-18)21-9-10-23(31-30-21)32(24(33)34-25(4,5)6)15-26(22(29)14-27)12-19(28)13-26/h7-11,14,19H,1,12-13,15,29H2,2-6H3/b22-14+. The fourth-order valence-electron chi connectivity index (χ4n) is 4.00. The molecule has 0 radical (unpaired) electrons. The van der Waals surface area contributed by atoms with Gasteiger partial charge in [-0.3, -0.25) is 4.90 Å². The molecule has 1 heterocycles. The van der Waals surface area contributed by atoms with E-state index in [0.717, 1.165) is 22.3 Å². The molecule has 34 heavy (non-hydrogen) atoms.